The molecule has 0 aromatic heterocycles. The molecule has 4 heteroatoms. The Balaban J connectivity index is 2.11. The molecule has 0 aromatic rings. The first kappa shape index (κ1) is 12.6. The van der Waals surface area contributed by atoms with Crippen LogP contribution < -0.4 is 0 Å². The van der Waals surface area contributed by atoms with E-state index in [9.17, 15) is 14.7 Å². The molecule has 1 N–H and O–H groups in total. The second kappa shape index (κ2) is 4.04. The molecule has 0 saturated carbocycles. The van der Waals surface area contributed by atoms with Crippen LogP contribution in [0.25, 0.3) is 0 Å². The van der Waals surface area contributed by atoms with E-state index in [0.29, 0.717) is 6.42 Å². The second-order valence-electron chi connectivity index (χ2n) is 5.96. The monoisotopic (exact) mass is 262 g/mol. The Morgan fingerprint density at radius 2 is 2.00 bits per heavy atom. The first-order valence-electron chi connectivity index (χ1n) is 6.72. The van der Waals surface area contributed by atoms with Crippen molar-refractivity contribution in [1.82, 2.24) is 0 Å². The van der Waals surface area contributed by atoms with Crippen molar-refractivity contribution in [2.24, 2.45) is 17.8 Å². The van der Waals surface area contributed by atoms with Gasteiger partial charge in [-0.15, -0.1) is 0 Å². The van der Waals surface area contributed by atoms with E-state index < -0.39 is 12.2 Å². The van der Waals surface area contributed by atoms with E-state index in [1.165, 1.54) is 0 Å². The summed E-state index contributed by atoms with van der Waals surface area (Å²) in [7, 11) is 0. The predicted molar refractivity (Wildman–Crippen MR) is 68.1 cm³/mol. The lowest BCUT2D eigenvalue weighted by Gasteiger charge is -2.26. The van der Waals surface area contributed by atoms with Crippen LogP contribution in [0, 0.1) is 17.8 Å². The fourth-order valence-corrected chi connectivity index (χ4v) is 3.82. The van der Waals surface area contributed by atoms with Crippen molar-refractivity contribution >= 4 is 11.8 Å². The summed E-state index contributed by atoms with van der Waals surface area (Å²) in [6.07, 6.45) is 1.06. The maximum absolute atomic E-state index is 12.1. The van der Waals surface area contributed by atoms with Crippen LogP contribution in [0.4, 0.5) is 0 Å². The minimum absolute atomic E-state index is 0.00320. The molecule has 3 aliphatic rings. The fourth-order valence-electron chi connectivity index (χ4n) is 3.82. The Labute approximate surface area is 112 Å². The molecule has 3 rings (SSSR count). The highest BCUT2D eigenvalue weighted by atomic mass is 16.6. The Hall–Kier alpha value is -1.42. The van der Waals surface area contributed by atoms with Gasteiger partial charge in [-0.1, -0.05) is 18.1 Å². The number of carbonyl (C=O) groups excluding carboxylic acids is 2. The maximum Gasteiger partial charge on any atom is 0.309 e. The number of rotatable bonds is 0. The summed E-state index contributed by atoms with van der Waals surface area (Å²) in [6.45, 7) is 5.59. The molecule has 0 unspecified atom stereocenters. The summed E-state index contributed by atoms with van der Waals surface area (Å²) >= 11 is 0. The summed E-state index contributed by atoms with van der Waals surface area (Å²) < 4.78 is 5.48. The van der Waals surface area contributed by atoms with Gasteiger partial charge in [-0.3, -0.25) is 9.59 Å². The van der Waals surface area contributed by atoms with Gasteiger partial charge in [0.2, 0.25) is 0 Å². The number of ketones is 1. The van der Waals surface area contributed by atoms with Crippen molar-refractivity contribution in [2.75, 3.05) is 0 Å². The first-order valence-corrected chi connectivity index (χ1v) is 6.72. The number of fused-ring (bicyclic) bond motifs is 3. The van der Waals surface area contributed by atoms with Gasteiger partial charge in [0.15, 0.2) is 5.78 Å². The molecule has 1 aliphatic heterocycles. The van der Waals surface area contributed by atoms with E-state index in [-0.39, 0.29) is 29.5 Å². The molecule has 1 saturated heterocycles. The van der Waals surface area contributed by atoms with Gasteiger partial charge in [-0.25, -0.2) is 0 Å². The fraction of sp³-hybridized carbons (Fsp3) is 0.600. The maximum atomic E-state index is 12.1. The Morgan fingerprint density at radius 1 is 1.32 bits per heavy atom. The molecule has 0 radical (unpaired) electrons. The average Bonchev–Trinajstić information content (AvgIpc) is 2.72. The van der Waals surface area contributed by atoms with E-state index in [0.717, 1.165) is 16.7 Å². The van der Waals surface area contributed by atoms with E-state index in [2.05, 4.69) is 0 Å². The Bertz CT molecular complexity index is 528. The summed E-state index contributed by atoms with van der Waals surface area (Å²) in [6, 6.07) is 0. The van der Waals surface area contributed by atoms with E-state index in [1.54, 1.807) is 13.0 Å². The highest BCUT2D eigenvalue weighted by Crippen LogP contribution is 2.47. The van der Waals surface area contributed by atoms with Crippen LogP contribution in [-0.4, -0.2) is 29.1 Å². The van der Waals surface area contributed by atoms with Gasteiger partial charge in [0.25, 0.3) is 0 Å². The SMILES string of the molecule is CC1=CC(=O)C2=C(C)C[C@@H](O)[C@H]3[C@H](OC(=O)[C@H]3C)[C@@H]12. The van der Waals surface area contributed by atoms with E-state index in [1.807, 2.05) is 13.8 Å². The minimum atomic E-state index is -0.620. The molecule has 1 fully saturated rings. The molecular formula is C15H18O4. The quantitative estimate of drug-likeness (QED) is 0.670. The van der Waals surface area contributed by atoms with Crippen molar-refractivity contribution in [1.29, 1.82) is 0 Å². The third kappa shape index (κ3) is 1.62. The molecule has 0 aromatic carbocycles. The summed E-state index contributed by atoms with van der Waals surface area (Å²) in [4.78, 5) is 23.9. The summed E-state index contributed by atoms with van der Waals surface area (Å²) in [5.74, 6) is -0.957. The van der Waals surface area contributed by atoms with Gasteiger partial charge >= 0.3 is 5.97 Å². The zero-order valence-corrected chi connectivity index (χ0v) is 11.3. The van der Waals surface area contributed by atoms with Crippen molar-refractivity contribution in [3.63, 3.8) is 0 Å². The number of carbonyl (C=O) groups is 2. The van der Waals surface area contributed by atoms with Crippen molar-refractivity contribution in [3.05, 3.63) is 22.8 Å². The lowest BCUT2D eigenvalue weighted by Crippen LogP contribution is -2.35. The van der Waals surface area contributed by atoms with Gasteiger partial charge in [-0.2, -0.15) is 0 Å². The van der Waals surface area contributed by atoms with Gasteiger partial charge in [0, 0.05) is 17.4 Å². The molecule has 5 atom stereocenters. The number of aliphatic hydroxyl groups is 1. The Morgan fingerprint density at radius 3 is 2.68 bits per heavy atom. The summed E-state index contributed by atoms with van der Waals surface area (Å²) in [5.41, 5.74) is 2.59. The number of aliphatic hydroxyl groups excluding tert-OH is 1. The molecule has 2 aliphatic carbocycles. The smallest absolute Gasteiger partial charge is 0.309 e. The Kier molecular flexibility index (Phi) is 2.68. The molecule has 0 bridgehead atoms. The number of ether oxygens (including phenoxy) is 1. The lowest BCUT2D eigenvalue weighted by molar-refractivity contribution is -0.144. The molecule has 0 amide bonds. The highest BCUT2D eigenvalue weighted by Gasteiger charge is 2.53. The molecule has 0 spiro atoms. The van der Waals surface area contributed by atoms with Crippen molar-refractivity contribution in [2.45, 2.75) is 39.4 Å². The lowest BCUT2D eigenvalue weighted by atomic mass is 9.80. The zero-order chi connectivity index (χ0) is 13.9. The first-order chi connectivity index (χ1) is 8.91. The number of esters is 1. The van der Waals surface area contributed by atoms with Crippen LogP contribution in [0.5, 0.6) is 0 Å². The van der Waals surface area contributed by atoms with Crippen LogP contribution >= 0.6 is 0 Å². The third-order valence-electron chi connectivity index (χ3n) is 4.75. The van der Waals surface area contributed by atoms with Crippen LogP contribution in [0.2, 0.25) is 0 Å². The van der Waals surface area contributed by atoms with E-state index in [4.69, 9.17) is 4.74 Å². The van der Waals surface area contributed by atoms with Gasteiger partial charge < -0.3 is 9.84 Å². The van der Waals surface area contributed by atoms with Crippen molar-refractivity contribution in [3.8, 4) is 0 Å². The summed E-state index contributed by atoms with van der Waals surface area (Å²) in [5, 5.41) is 10.3. The third-order valence-corrected chi connectivity index (χ3v) is 4.75. The van der Waals surface area contributed by atoms with Crippen LogP contribution in [0.3, 0.4) is 0 Å². The zero-order valence-electron chi connectivity index (χ0n) is 11.3. The van der Waals surface area contributed by atoms with Gasteiger partial charge in [-0.05, 0) is 26.3 Å². The number of allylic oxidation sites excluding steroid dienone is 1. The molecule has 102 valence electrons. The average molecular weight is 262 g/mol. The second-order valence-corrected chi connectivity index (χ2v) is 5.96. The minimum Gasteiger partial charge on any atom is -0.461 e. The van der Waals surface area contributed by atoms with Crippen molar-refractivity contribution < 1.29 is 19.4 Å². The number of hydrogen-bond donors (Lipinski definition) is 1. The number of hydrogen-bond acceptors (Lipinski definition) is 4. The molecular weight excluding hydrogens is 244 g/mol. The van der Waals surface area contributed by atoms with Gasteiger partial charge in [0.05, 0.1) is 12.0 Å². The highest BCUT2D eigenvalue weighted by molar-refractivity contribution is 6.09. The molecule has 19 heavy (non-hydrogen) atoms. The topological polar surface area (TPSA) is 63.6 Å². The van der Waals surface area contributed by atoms with Crippen LogP contribution in [0.15, 0.2) is 22.8 Å². The largest absolute Gasteiger partial charge is 0.461 e. The predicted octanol–water partition coefficient (Wildman–Crippen LogP) is 1.39. The normalized spacial score (nSPS) is 41.7. The molecule has 1 heterocycles. The molecule has 4 nitrogen and oxygen atoms in total. The van der Waals surface area contributed by atoms with Crippen LogP contribution in [-0.2, 0) is 14.3 Å². The van der Waals surface area contributed by atoms with Gasteiger partial charge in [0.1, 0.15) is 6.10 Å². The van der Waals surface area contributed by atoms with Crippen LogP contribution in [0.1, 0.15) is 27.2 Å². The standard InChI is InChI=1S/C15H18O4/c1-6-4-10(17)13-8(3)15(18)19-14(13)12-7(2)5-9(16)11(6)12/h5,8,10,12-14,17H,4H2,1-3H3/t8-,10+,12-,13-,14+/m0/s1. The van der Waals surface area contributed by atoms with E-state index >= 15 is 0 Å².